The molecule has 0 unspecified atom stereocenters. The zero-order valence-corrected chi connectivity index (χ0v) is 12.6. The Hall–Kier alpha value is -1.58. The third kappa shape index (κ3) is 2.79. The zero-order chi connectivity index (χ0) is 13.8. The quantitative estimate of drug-likeness (QED) is 0.679. The van der Waals surface area contributed by atoms with Crippen molar-refractivity contribution in [2.24, 2.45) is 0 Å². The fraction of sp³-hybridized carbons (Fsp3) is 0.294. The summed E-state index contributed by atoms with van der Waals surface area (Å²) in [6.45, 7) is 5.20. The summed E-state index contributed by atoms with van der Waals surface area (Å²) in [5.41, 5.74) is 4.16. The molecule has 0 bridgehead atoms. The Labute approximate surface area is 124 Å². The molecule has 20 heavy (non-hydrogen) atoms. The largest absolute Gasteiger partial charge is 0.343 e. The maximum Gasteiger partial charge on any atom is 0.0486 e. The second-order valence-electron chi connectivity index (χ2n) is 5.03. The zero-order valence-electron chi connectivity index (χ0n) is 11.8. The van der Waals surface area contributed by atoms with Crippen LogP contribution in [0.4, 0.5) is 0 Å². The van der Waals surface area contributed by atoms with Crippen molar-refractivity contribution in [2.75, 3.05) is 13.1 Å². The second-order valence-corrected chi connectivity index (χ2v) is 5.81. The van der Waals surface area contributed by atoms with Crippen molar-refractivity contribution in [2.45, 2.75) is 19.9 Å². The summed E-state index contributed by atoms with van der Waals surface area (Å²) in [6.07, 6.45) is 3.41. The molecule has 0 aliphatic carbocycles. The van der Waals surface area contributed by atoms with Gasteiger partial charge in [0, 0.05) is 23.6 Å². The van der Waals surface area contributed by atoms with Crippen LogP contribution in [0.15, 0.2) is 47.3 Å². The summed E-state index contributed by atoms with van der Waals surface area (Å²) in [4.78, 5) is 0. The van der Waals surface area contributed by atoms with Crippen molar-refractivity contribution in [3.63, 3.8) is 0 Å². The van der Waals surface area contributed by atoms with Gasteiger partial charge < -0.3 is 9.88 Å². The summed E-state index contributed by atoms with van der Waals surface area (Å²) >= 11 is 1.76. The second kappa shape index (κ2) is 6.25. The molecule has 2 nitrogen and oxygen atoms in total. The van der Waals surface area contributed by atoms with Crippen LogP contribution in [-0.2, 0) is 13.0 Å². The van der Waals surface area contributed by atoms with Gasteiger partial charge in [0.25, 0.3) is 0 Å². The van der Waals surface area contributed by atoms with Gasteiger partial charge in [0.1, 0.15) is 0 Å². The Morgan fingerprint density at radius 2 is 2.10 bits per heavy atom. The van der Waals surface area contributed by atoms with Crippen LogP contribution < -0.4 is 5.32 Å². The van der Waals surface area contributed by atoms with E-state index in [1.54, 1.807) is 11.3 Å². The number of likely N-dealkylation sites (N-methyl/N-ethyl adjacent to an activating group) is 1. The van der Waals surface area contributed by atoms with Crippen molar-refractivity contribution >= 4 is 22.2 Å². The van der Waals surface area contributed by atoms with E-state index in [9.17, 15) is 0 Å². The van der Waals surface area contributed by atoms with Gasteiger partial charge in [-0.1, -0.05) is 25.1 Å². The van der Waals surface area contributed by atoms with Crippen LogP contribution in [0, 0.1) is 0 Å². The van der Waals surface area contributed by atoms with Gasteiger partial charge in [-0.15, -0.1) is 0 Å². The number of aromatic nitrogens is 1. The maximum absolute atomic E-state index is 3.41. The first-order valence-electron chi connectivity index (χ1n) is 7.17. The van der Waals surface area contributed by atoms with E-state index in [-0.39, 0.29) is 0 Å². The van der Waals surface area contributed by atoms with Crippen molar-refractivity contribution in [1.82, 2.24) is 9.88 Å². The smallest absolute Gasteiger partial charge is 0.0486 e. The molecule has 3 aromatic rings. The molecular formula is C17H20N2S. The molecule has 0 aliphatic rings. The minimum Gasteiger partial charge on any atom is -0.343 e. The minimum atomic E-state index is 0.964. The predicted octanol–water partition coefficient (Wildman–Crippen LogP) is 3.90. The highest BCUT2D eigenvalue weighted by atomic mass is 32.1. The first kappa shape index (κ1) is 13.4. The molecule has 104 valence electrons. The van der Waals surface area contributed by atoms with E-state index in [2.05, 4.69) is 64.1 Å². The molecule has 2 aromatic heterocycles. The van der Waals surface area contributed by atoms with E-state index >= 15 is 0 Å². The fourth-order valence-corrected chi connectivity index (χ4v) is 3.29. The van der Waals surface area contributed by atoms with Crippen LogP contribution in [-0.4, -0.2) is 17.7 Å². The molecule has 3 rings (SSSR count). The lowest BCUT2D eigenvalue weighted by molar-refractivity contribution is 0.715. The van der Waals surface area contributed by atoms with Gasteiger partial charge in [0.2, 0.25) is 0 Å². The van der Waals surface area contributed by atoms with Gasteiger partial charge >= 0.3 is 0 Å². The molecular weight excluding hydrogens is 264 g/mol. The van der Waals surface area contributed by atoms with Crippen molar-refractivity contribution in [3.8, 4) is 0 Å². The molecule has 0 amide bonds. The van der Waals surface area contributed by atoms with E-state index in [1.165, 1.54) is 22.0 Å². The van der Waals surface area contributed by atoms with Crippen LogP contribution in [0.1, 0.15) is 18.1 Å². The lowest BCUT2D eigenvalue weighted by Crippen LogP contribution is -2.15. The van der Waals surface area contributed by atoms with Crippen LogP contribution >= 0.6 is 11.3 Å². The highest BCUT2D eigenvalue weighted by Crippen LogP contribution is 2.23. The van der Waals surface area contributed by atoms with E-state index in [0.29, 0.717) is 0 Å². The van der Waals surface area contributed by atoms with Crippen LogP contribution in [0.2, 0.25) is 0 Å². The maximum atomic E-state index is 3.41. The highest BCUT2D eigenvalue weighted by molar-refractivity contribution is 7.07. The van der Waals surface area contributed by atoms with Crippen molar-refractivity contribution in [1.29, 1.82) is 0 Å². The molecule has 0 atom stereocenters. The lowest BCUT2D eigenvalue weighted by Gasteiger charge is -2.02. The first-order valence-corrected chi connectivity index (χ1v) is 8.11. The number of hydrogen-bond acceptors (Lipinski definition) is 2. The third-order valence-electron chi connectivity index (χ3n) is 3.63. The number of fused-ring (bicyclic) bond motifs is 1. The standard InChI is InChI=1S/C17H20N2S/c1-2-18-9-7-15-12-19(11-14-8-10-20-13-14)17-6-4-3-5-16(15)17/h3-6,8,10,12-13,18H,2,7,9,11H2,1H3. The number of thiophene rings is 1. The van der Waals surface area contributed by atoms with Gasteiger partial charge in [-0.25, -0.2) is 0 Å². The van der Waals surface area contributed by atoms with Crippen molar-refractivity contribution < 1.29 is 0 Å². The molecule has 1 N–H and O–H groups in total. The van der Waals surface area contributed by atoms with Gasteiger partial charge in [-0.05, 0) is 53.5 Å². The number of nitrogens with one attached hydrogen (secondary N) is 1. The normalized spacial score (nSPS) is 11.2. The molecule has 3 heteroatoms. The molecule has 0 spiro atoms. The lowest BCUT2D eigenvalue weighted by atomic mass is 10.1. The van der Waals surface area contributed by atoms with E-state index in [4.69, 9.17) is 0 Å². The summed E-state index contributed by atoms with van der Waals surface area (Å²) in [7, 11) is 0. The molecule has 0 saturated carbocycles. The Bertz CT molecular complexity index is 667. The van der Waals surface area contributed by atoms with Crippen LogP contribution in [0.3, 0.4) is 0 Å². The summed E-state index contributed by atoms with van der Waals surface area (Å²) in [6, 6.07) is 10.9. The monoisotopic (exact) mass is 284 g/mol. The molecule has 0 saturated heterocycles. The Morgan fingerprint density at radius 3 is 2.90 bits per heavy atom. The predicted molar refractivity (Wildman–Crippen MR) is 87.6 cm³/mol. The Kier molecular flexibility index (Phi) is 4.19. The average Bonchev–Trinajstić information content (AvgIpc) is 3.09. The number of para-hydroxylation sites is 1. The fourth-order valence-electron chi connectivity index (χ4n) is 2.63. The number of hydrogen-bond donors (Lipinski definition) is 1. The van der Waals surface area contributed by atoms with Gasteiger partial charge in [0.05, 0.1) is 0 Å². The van der Waals surface area contributed by atoms with E-state index in [0.717, 1.165) is 26.1 Å². The van der Waals surface area contributed by atoms with Gasteiger partial charge in [0.15, 0.2) is 0 Å². The molecule has 0 radical (unpaired) electrons. The number of nitrogens with zero attached hydrogens (tertiary/aromatic N) is 1. The van der Waals surface area contributed by atoms with Crippen LogP contribution in [0.5, 0.6) is 0 Å². The third-order valence-corrected chi connectivity index (χ3v) is 4.36. The molecule has 2 heterocycles. The van der Waals surface area contributed by atoms with Crippen LogP contribution in [0.25, 0.3) is 10.9 Å². The van der Waals surface area contributed by atoms with Crippen molar-refractivity contribution in [3.05, 3.63) is 58.4 Å². The Morgan fingerprint density at radius 1 is 1.20 bits per heavy atom. The first-order chi connectivity index (χ1) is 9.88. The molecule has 0 aliphatic heterocycles. The minimum absolute atomic E-state index is 0.964. The highest BCUT2D eigenvalue weighted by Gasteiger charge is 2.08. The van der Waals surface area contributed by atoms with Gasteiger partial charge in [-0.3, -0.25) is 0 Å². The Balaban J connectivity index is 1.91. The number of benzene rings is 1. The van der Waals surface area contributed by atoms with Gasteiger partial charge in [-0.2, -0.15) is 11.3 Å². The topological polar surface area (TPSA) is 17.0 Å². The molecule has 0 fully saturated rings. The van der Waals surface area contributed by atoms with E-state index in [1.807, 2.05) is 0 Å². The summed E-state index contributed by atoms with van der Waals surface area (Å²) in [5, 5.41) is 9.17. The SMILES string of the molecule is CCNCCc1cn(Cc2ccsc2)c2ccccc12. The van der Waals surface area contributed by atoms with E-state index < -0.39 is 0 Å². The summed E-state index contributed by atoms with van der Waals surface area (Å²) < 4.78 is 2.37. The number of rotatable bonds is 6. The summed E-state index contributed by atoms with van der Waals surface area (Å²) in [5.74, 6) is 0. The average molecular weight is 284 g/mol. The molecule has 1 aromatic carbocycles.